The molecular formula is C6H14BNO2P. The van der Waals surface area contributed by atoms with Crippen molar-refractivity contribution in [3.05, 3.63) is 0 Å². The van der Waals surface area contributed by atoms with Gasteiger partial charge in [0.1, 0.15) is 1.41 Å². The lowest BCUT2D eigenvalue weighted by molar-refractivity contribution is -0.0368. The lowest BCUT2D eigenvalue weighted by Crippen LogP contribution is -2.47. The van der Waals surface area contributed by atoms with Crippen molar-refractivity contribution in [2.24, 2.45) is 0 Å². The van der Waals surface area contributed by atoms with Crippen LogP contribution in [-0.4, -0.2) is 45.9 Å². The molecule has 1 fully saturated rings. The lowest BCUT2D eigenvalue weighted by atomic mass is 9.96. The molecule has 1 heterocycles. The minimum absolute atomic E-state index is 0.0306. The Morgan fingerprint density at radius 1 is 1.91 bits per heavy atom. The first-order chi connectivity index (χ1) is 5.76. The fourth-order valence-corrected chi connectivity index (χ4v) is 1.28. The predicted molar refractivity (Wildman–Crippen MR) is 48.9 cm³/mol. The first-order valence-electron chi connectivity index (χ1n) is 4.14. The zero-order valence-corrected chi connectivity index (χ0v) is 7.85. The Morgan fingerprint density at radius 2 is 2.73 bits per heavy atom. The zero-order chi connectivity index (χ0) is 8.97. The first kappa shape index (κ1) is 8.00. The third-order valence-corrected chi connectivity index (χ3v) is 2.01. The summed E-state index contributed by atoms with van der Waals surface area (Å²) in [5.41, 5.74) is 0. The molecule has 1 rings (SSSR count). The van der Waals surface area contributed by atoms with Crippen molar-refractivity contribution in [3.8, 4) is 0 Å². The predicted octanol–water partition coefficient (Wildman–Crippen LogP) is -0.558. The molecule has 1 aliphatic heterocycles. The number of ether oxygens (including phenoxy) is 2. The average molecular weight is 176 g/mol. The lowest BCUT2D eigenvalue weighted by Gasteiger charge is -2.29. The standard InChI is InChI=1S/C6H14BNO2P/c1-9-4-5-2-8-3-6(7-11)10-5/h5-6,8H,2-4,11H2,1H3/i/hT. The van der Waals surface area contributed by atoms with E-state index >= 15 is 0 Å². The van der Waals surface area contributed by atoms with Gasteiger partial charge in [-0.25, -0.2) is 0 Å². The normalized spacial score (nSPS) is 34.9. The van der Waals surface area contributed by atoms with E-state index in [1.165, 1.54) is 5.31 Å². The second kappa shape index (κ2) is 5.10. The highest BCUT2D eigenvalue weighted by Crippen LogP contribution is 2.04. The van der Waals surface area contributed by atoms with E-state index in [4.69, 9.17) is 10.9 Å². The van der Waals surface area contributed by atoms with E-state index < -0.39 is 0 Å². The van der Waals surface area contributed by atoms with Gasteiger partial charge in [0.15, 0.2) is 7.00 Å². The Bertz CT molecular complexity index is 143. The summed E-state index contributed by atoms with van der Waals surface area (Å²) >= 11 is 0. The molecule has 1 N–H and O–H groups in total. The number of nitrogens with one attached hydrogen (secondary N) is 1. The van der Waals surface area contributed by atoms with Crippen molar-refractivity contribution >= 4 is 16.1 Å². The van der Waals surface area contributed by atoms with Gasteiger partial charge in [-0.15, -0.1) is 0 Å². The minimum Gasteiger partial charge on any atom is -0.382 e. The molecule has 63 valence electrons. The third kappa shape index (κ3) is 3.08. The Balaban J connectivity index is 2.34. The second-order valence-corrected chi connectivity index (χ2v) is 2.92. The van der Waals surface area contributed by atoms with Crippen LogP contribution in [0, 0.1) is 0 Å². The van der Waals surface area contributed by atoms with Crippen molar-refractivity contribution in [2.45, 2.75) is 12.1 Å². The van der Waals surface area contributed by atoms with Crippen LogP contribution in [0.4, 0.5) is 0 Å². The van der Waals surface area contributed by atoms with E-state index in [0.29, 0.717) is 19.7 Å². The molecule has 11 heavy (non-hydrogen) atoms. The summed E-state index contributed by atoms with van der Waals surface area (Å²) in [6.45, 7) is 3.72. The number of morpholine rings is 1. The van der Waals surface area contributed by atoms with E-state index in [1.807, 2.05) is 7.00 Å². The number of hydrogen-bond acceptors (Lipinski definition) is 3. The summed E-state index contributed by atoms with van der Waals surface area (Å²) in [5.74, 6) is 0. The summed E-state index contributed by atoms with van der Waals surface area (Å²) < 4.78 is 18.0. The second-order valence-electron chi connectivity index (χ2n) is 2.53. The first-order valence-corrected chi connectivity index (χ1v) is 4.36. The van der Waals surface area contributed by atoms with Crippen LogP contribution in [0.5, 0.6) is 0 Å². The molecule has 0 amide bonds. The fraction of sp³-hybridized carbons (Fsp3) is 1.00. The van der Waals surface area contributed by atoms with Crippen LogP contribution >= 0.6 is 9.12 Å². The Morgan fingerprint density at radius 3 is 3.36 bits per heavy atom. The van der Waals surface area contributed by atoms with Gasteiger partial charge in [0.25, 0.3) is 0 Å². The molecule has 1 aliphatic rings. The third-order valence-electron chi connectivity index (χ3n) is 1.58. The number of rotatable bonds is 3. The molecule has 0 saturated carbocycles. The summed E-state index contributed by atoms with van der Waals surface area (Å²) in [5, 5.41) is 1.51. The van der Waals surface area contributed by atoms with Crippen molar-refractivity contribution in [3.63, 3.8) is 0 Å². The molecule has 0 aromatic heterocycles. The van der Waals surface area contributed by atoms with Gasteiger partial charge < -0.3 is 14.8 Å². The SMILES string of the molecule is [3H]N1CC([B]P)OC(COC)C1. The van der Waals surface area contributed by atoms with E-state index in [9.17, 15) is 0 Å². The Hall–Kier alpha value is 0.375. The highest BCUT2D eigenvalue weighted by molar-refractivity contribution is 7.56. The van der Waals surface area contributed by atoms with Crippen LogP contribution < -0.4 is 5.31 Å². The average Bonchev–Trinajstić information content (AvgIpc) is 2.04. The van der Waals surface area contributed by atoms with Gasteiger partial charge in [0, 0.05) is 26.2 Å². The maximum Gasteiger partial charge on any atom is 0.178 e. The van der Waals surface area contributed by atoms with Crippen LogP contribution in [-0.2, 0) is 9.47 Å². The molecular weight excluding hydrogens is 160 g/mol. The van der Waals surface area contributed by atoms with Crippen molar-refractivity contribution in [1.29, 1.82) is 0 Å². The number of hydrogen-bond donors (Lipinski definition) is 1. The molecule has 0 spiro atoms. The molecule has 3 atom stereocenters. The molecule has 3 unspecified atom stereocenters. The van der Waals surface area contributed by atoms with Crippen LogP contribution in [0.15, 0.2) is 0 Å². The topological polar surface area (TPSA) is 30.5 Å². The van der Waals surface area contributed by atoms with Crippen molar-refractivity contribution in [1.82, 2.24) is 5.31 Å². The fourth-order valence-electron chi connectivity index (χ4n) is 1.06. The van der Waals surface area contributed by atoms with Gasteiger partial charge in [0.05, 0.1) is 12.7 Å². The molecule has 0 aromatic rings. The van der Waals surface area contributed by atoms with Crippen LogP contribution in [0.2, 0.25) is 1.41 Å². The van der Waals surface area contributed by atoms with E-state index in [-0.39, 0.29) is 12.1 Å². The molecule has 3 nitrogen and oxygen atoms in total. The largest absolute Gasteiger partial charge is 0.382 e. The monoisotopic (exact) mass is 176 g/mol. The van der Waals surface area contributed by atoms with E-state index in [2.05, 4.69) is 9.12 Å². The zero-order valence-electron chi connectivity index (χ0n) is 7.69. The summed E-state index contributed by atoms with van der Waals surface area (Å²) in [4.78, 5) is 0. The molecule has 5 heteroatoms. The van der Waals surface area contributed by atoms with Gasteiger partial charge in [-0.05, 0) is 0 Å². The molecule has 0 bridgehead atoms. The van der Waals surface area contributed by atoms with Gasteiger partial charge in [-0.3, -0.25) is 0 Å². The van der Waals surface area contributed by atoms with Crippen LogP contribution in [0.25, 0.3) is 0 Å². The molecule has 1 saturated heterocycles. The summed E-state index contributed by atoms with van der Waals surface area (Å²) in [6.07, 6.45) is 0.0306. The van der Waals surface area contributed by atoms with Gasteiger partial charge in [0.2, 0.25) is 0 Å². The smallest absolute Gasteiger partial charge is 0.178 e. The Labute approximate surface area is 72.1 Å². The van der Waals surface area contributed by atoms with Crippen LogP contribution in [0.1, 0.15) is 0 Å². The van der Waals surface area contributed by atoms with Crippen molar-refractivity contribution in [2.75, 3.05) is 26.8 Å². The van der Waals surface area contributed by atoms with Gasteiger partial charge >= 0.3 is 0 Å². The molecule has 1 radical (unpaired) electrons. The quantitative estimate of drug-likeness (QED) is 0.461. The highest BCUT2D eigenvalue weighted by Gasteiger charge is 2.20. The van der Waals surface area contributed by atoms with Gasteiger partial charge in [-0.1, -0.05) is 0 Å². The van der Waals surface area contributed by atoms with Crippen LogP contribution in [0.3, 0.4) is 0 Å². The molecule has 0 aliphatic carbocycles. The maximum atomic E-state index is 7.48. The van der Waals surface area contributed by atoms with Crippen molar-refractivity contribution < 1.29 is 10.9 Å². The van der Waals surface area contributed by atoms with E-state index in [1.54, 1.807) is 7.11 Å². The Kier molecular flexibility index (Phi) is 3.70. The maximum absolute atomic E-state index is 7.48. The minimum atomic E-state index is 0.0306. The summed E-state index contributed by atoms with van der Waals surface area (Å²) in [6, 6.07) is 0.0430. The van der Waals surface area contributed by atoms with Gasteiger partial charge in [-0.2, -0.15) is 9.12 Å². The number of methoxy groups -OCH3 is 1. The highest BCUT2D eigenvalue weighted by atomic mass is 31.0. The summed E-state index contributed by atoms with van der Waals surface area (Å²) in [7, 11) is 4.16. The molecule has 0 aromatic carbocycles. The van der Waals surface area contributed by atoms with E-state index in [0.717, 1.165) is 0 Å².